The maximum absolute atomic E-state index is 14.5. The Morgan fingerprint density at radius 1 is 0.463 bits per heavy atom. The van der Waals surface area contributed by atoms with Crippen molar-refractivity contribution >= 4 is 49.6 Å². The molecule has 67 heavy (non-hydrogen) atoms. The SMILES string of the molecule is CC(C)(C)OC(=O)N1[C@H](CO[Si](c2ccccc2)(c2ccccc2)C(C)(C)C)CC[C@H]1[C@@H]1CC[C@@H]([C@@H]2CC[C@@H](CO[Si](c3ccccc3)(c3ccccc3)C(C)(C)C)N2C(=O)OC(C)(C)C)N1. The standard InChI is InChI=1S/C56H79N3O6Si2/c1-53(2,3)64-51(60)58-41(39-62-66(55(7,8)9,43-25-17-13-18-26-43)44-27-19-14-20-28-44)33-37-49(58)47-35-36-48(57-47)50-38-34-42(59(50)52(61)65-54(4,5)6)40-63-67(56(10,11)12,45-29-21-15-22-30-45)46-31-23-16-24-32-46/h13-32,41-42,47-50,57H,33-40H2,1-12H3/t41-,42-,47-,48-,49-,50-/m0/s1. The van der Waals surface area contributed by atoms with Gasteiger partial charge in [0.1, 0.15) is 11.2 Å². The average Bonchev–Trinajstić information content (AvgIpc) is 4.03. The number of benzene rings is 4. The van der Waals surface area contributed by atoms with Gasteiger partial charge < -0.3 is 23.6 Å². The lowest BCUT2D eigenvalue weighted by molar-refractivity contribution is 0.00488. The Bertz CT molecular complexity index is 2000. The summed E-state index contributed by atoms with van der Waals surface area (Å²) in [5.74, 6) is 0. The van der Waals surface area contributed by atoms with E-state index in [1.807, 2.05) is 51.3 Å². The number of hydrogen-bond donors (Lipinski definition) is 1. The summed E-state index contributed by atoms with van der Waals surface area (Å²) >= 11 is 0. The van der Waals surface area contributed by atoms with Gasteiger partial charge in [-0.1, -0.05) is 163 Å². The van der Waals surface area contributed by atoms with E-state index in [0.717, 1.165) is 38.5 Å². The van der Waals surface area contributed by atoms with E-state index < -0.39 is 27.8 Å². The van der Waals surface area contributed by atoms with Crippen molar-refractivity contribution in [1.29, 1.82) is 0 Å². The van der Waals surface area contributed by atoms with Gasteiger partial charge in [-0.3, -0.25) is 9.80 Å². The molecule has 0 saturated carbocycles. The number of ether oxygens (including phenoxy) is 2. The predicted molar refractivity (Wildman–Crippen MR) is 277 cm³/mol. The zero-order valence-electron chi connectivity index (χ0n) is 42.5. The quantitative estimate of drug-likeness (QED) is 0.142. The molecule has 2 amide bonds. The minimum atomic E-state index is -2.87. The predicted octanol–water partition coefficient (Wildman–Crippen LogP) is 9.80. The third-order valence-electron chi connectivity index (χ3n) is 14.3. The zero-order valence-corrected chi connectivity index (χ0v) is 44.5. The molecule has 1 N–H and O–H groups in total. The van der Waals surface area contributed by atoms with E-state index >= 15 is 0 Å². The Balaban J connectivity index is 1.15. The summed E-state index contributed by atoms with van der Waals surface area (Å²) in [6, 6.07) is 42.3. The smallest absolute Gasteiger partial charge is 0.410 e. The third-order valence-corrected chi connectivity index (χ3v) is 24.3. The van der Waals surface area contributed by atoms with Gasteiger partial charge in [0.25, 0.3) is 16.6 Å². The number of carbonyl (C=O) groups is 2. The summed E-state index contributed by atoms with van der Waals surface area (Å²) in [7, 11) is -5.74. The fraction of sp³-hybridized carbons (Fsp3) is 0.536. The number of likely N-dealkylation sites (tertiary alicyclic amines) is 2. The first-order valence-electron chi connectivity index (χ1n) is 24.8. The van der Waals surface area contributed by atoms with Crippen LogP contribution in [-0.4, -0.2) is 99.3 Å². The van der Waals surface area contributed by atoms with E-state index in [1.165, 1.54) is 20.7 Å². The van der Waals surface area contributed by atoms with Gasteiger partial charge in [-0.2, -0.15) is 0 Å². The van der Waals surface area contributed by atoms with Crippen molar-refractivity contribution in [2.75, 3.05) is 13.2 Å². The molecule has 3 aliphatic rings. The van der Waals surface area contributed by atoms with Crippen LogP contribution in [0.2, 0.25) is 10.1 Å². The van der Waals surface area contributed by atoms with Crippen molar-refractivity contribution in [2.24, 2.45) is 0 Å². The van der Waals surface area contributed by atoms with E-state index in [2.05, 4.69) is 168 Å². The van der Waals surface area contributed by atoms with Crippen molar-refractivity contribution < 1.29 is 27.9 Å². The number of rotatable bonds is 12. The van der Waals surface area contributed by atoms with Crippen LogP contribution in [0.25, 0.3) is 0 Å². The zero-order chi connectivity index (χ0) is 48.4. The molecule has 6 atom stereocenters. The summed E-state index contributed by atoms with van der Waals surface area (Å²) in [6.07, 6.45) is 4.42. The maximum atomic E-state index is 14.5. The molecule has 3 saturated heterocycles. The van der Waals surface area contributed by atoms with Crippen LogP contribution in [0.4, 0.5) is 9.59 Å². The lowest BCUT2D eigenvalue weighted by Crippen LogP contribution is -2.67. The van der Waals surface area contributed by atoms with Crippen LogP contribution in [0, 0.1) is 0 Å². The number of carbonyl (C=O) groups excluding carboxylic acids is 2. The van der Waals surface area contributed by atoms with E-state index in [-0.39, 0.29) is 58.5 Å². The molecule has 3 aliphatic heterocycles. The van der Waals surface area contributed by atoms with E-state index in [4.69, 9.17) is 18.3 Å². The number of nitrogens with one attached hydrogen (secondary N) is 1. The van der Waals surface area contributed by atoms with Gasteiger partial charge in [0, 0.05) is 12.1 Å². The average molecular weight is 946 g/mol. The Labute approximate surface area is 404 Å². The summed E-state index contributed by atoms with van der Waals surface area (Å²) in [5, 5.41) is 8.51. The van der Waals surface area contributed by atoms with Crippen LogP contribution in [0.5, 0.6) is 0 Å². The second kappa shape index (κ2) is 20.0. The summed E-state index contributed by atoms with van der Waals surface area (Å²) in [5.41, 5.74) is -1.33. The second-order valence-corrected chi connectivity index (χ2v) is 31.9. The van der Waals surface area contributed by atoms with Crippen molar-refractivity contribution in [2.45, 2.75) is 179 Å². The van der Waals surface area contributed by atoms with Crippen molar-refractivity contribution in [1.82, 2.24) is 15.1 Å². The molecule has 4 aromatic rings. The molecule has 0 spiro atoms. The topological polar surface area (TPSA) is 89.6 Å². The first-order chi connectivity index (χ1) is 31.6. The molecule has 0 aromatic heterocycles. The molecule has 362 valence electrons. The van der Waals surface area contributed by atoms with Crippen molar-refractivity contribution in [3.8, 4) is 0 Å². The fourth-order valence-corrected chi connectivity index (χ4v) is 20.7. The van der Waals surface area contributed by atoms with E-state index in [1.54, 1.807) is 0 Å². The summed E-state index contributed by atoms with van der Waals surface area (Å²) in [6.45, 7) is 26.2. The Kier molecular flexibility index (Phi) is 15.1. The highest BCUT2D eigenvalue weighted by molar-refractivity contribution is 7.00. The molecule has 3 heterocycles. The lowest BCUT2D eigenvalue weighted by atomic mass is 10.0. The molecular formula is C56H79N3O6Si2. The van der Waals surface area contributed by atoms with Crippen LogP contribution in [0.3, 0.4) is 0 Å². The Hall–Kier alpha value is -4.27. The molecule has 4 aromatic carbocycles. The van der Waals surface area contributed by atoms with E-state index in [9.17, 15) is 9.59 Å². The molecule has 11 heteroatoms. The second-order valence-electron chi connectivity index (χ2n) is 23.3. The van der Waals surface area contributed by atoms with Crippen LogP contribution >= 0.6 is 0 Å². The highest BCUT2D eigenvalue weighted by Gasteiger charge is 2.55. The van der Waals surface area contributed by atoms with Crippen LogP contribution in [0.1, 0.15) is 122 Å². The van der Waals surface area contributed by atoms with Gasteiger partial charge >= 0.3 is 12.2 Å². The minimum Gasteiger partial charge on any atom is -0.444 e. The summed E-state index contributed by atoms with van der Waals surface area (Å²) < 4.78 is 27.4. The number of nitrogens with zero attached hydrogens (tertiary/aromatic N) is 2. The molecule has 0 radical (unpaired) electrons. The maximum Gasteiger partial charge on any atom is 0.410 e. The lowest BCUT2D eigenvalue weighted by Gasteiger charge is -2.44. The molecule has 7 rings (SSSR count). The van der Waals surface area contributed by atoms with Gasteiger partial charge in [-0.25, -0.2) is 9.59 Å². The molecule has 0 bridgehead atoms. The van der Waals surface area contributed by atoms with Gasteiger partial charge in [-0.05, 0) is 111 Å². The van der Waals surface area contributed by atoms with Gasteiger partial charge in [0.05, 0.1) is 37.4 Å². The van der Waals surface area contributed by atoms with Crippen LogP contribution in [-0.2, 0) is 18.3 Å². The van der Waals surface area contributed by atoms with Crippen LogP contribution in [0.15, 0.2) is 121 Å². The fourth-order valence-electron chi connectivity index (χ4n) is 11.5. The molecule has 9 nitrogen and oxygen atoms in total. The minimum absolute atomic E-state index is 0.0169. The molecule has 3 fully saturated rings. The Morgan fingerprint density at radius 3 is 1.00 bits per heavy atom. The van der Waals surface area contributed by atoms with Gasteiger partial charge in [0.2, 0.25) is 0 Å². The third kappa shape index (κ3) is 10.8. The van der Waals surface area contributed by atoms with Gasteiger partial charge in [-0.15, -0.1) is 0 Å². The number of hydrogen-bond acceptors (Lipinski definition) is 7. The first-order valence-corrected chi connectivity index (χ1v) is 28.7. The molecule has 0 aliphatic carbocycles. The Morgan fingerprint density at radius 2 is 0.746 bits per heavy atom. The molecule has 0 unspecified atom stereocenters. The first kappa shape index (κ1) is 50.6. The van der Waals surface area contributed by atoms with Gasteiger partial charge in [0.15, 0.2) is 0 Å². The normalized spacial score (nSPS) is 23.1. The molecular weight excluding hydrogens is 867 g/mol. The highest BCUT2D eigenvalue weighted by Crippen LogP contribution is 2.42. The number of amides is 2. The van der Waals surface area contributed by atoms with Crippen molar-refractivity contribution in [3.63, 3.8) is 0 Å². The van der Waals surface area contributed by atoms with Crippen LogP contribution < -0.4 is 26.1 Å². The van der Waals surface area contributed by atoms with Crippen molar-refractivity contribution in [3.05, 3.63) is 121 Å². The van der Waals surface area contributed by atoms with E-state index in [0.29, 0.717) is 13.2 Å². The largest absolute Gasteiger partial charge is 0.444 e. The summed E-state index contributed by atoms with van der Waals surface area (Å²) in [4.78, 5) is 33.1. The highest BCUT2D eigenvalue weighted by atomic mass is 28.4. The monoisotopic (exact) mass is 946 g/mol.